The number of aromatic nitrogens is 3. The standard InChI is InChI=1S/C14H11N3OS/c18-10-12-14(13-7-4-8-19-13)17(16-15-12)9-11-5-2-1-3-6-11/h1-8,10H,9H2. The van der Waals surface area contributed by atoms with Gasteiger partial charge in [0.05, 0.1) is 11.4 Å². The van der Waals surface area contributed by atoms with Gasteiger partial charge in [-0.25, -0.2) is 4.68 Å². The van der Waals surface area contributed by atoms with Crippen molar-refractivity contribution in [3.05, 3.63) is 59.1 Å². The van der Waals surface area contributed by atoms with E-state index in [1.807, 2.05) is 47.8 Å². The van der Waals surface area contributed by atoms with Crippen LogP contribution in [0, 0.1) is 0 Å². The van der Waals surface area contributed by atoms with E-state index >= 15 is 0 Å². The van der Waals surface area contributed by atoms with E-state index in [2.05, 4.69) is 10.3 Å². The first-order valence-corrected chi connectivity index (χ1v) is 6.73. The van der Waals surface area contributed by atoms with Crippen molar-refractivity contribution in [3.8, 4) is 10.6 Å². The van der Waals surface area contributed by atoms with Crippen LogP contribution < -0.4 is 0 Å². The molecule has 0 N–H and O–H groups in total. The summed E-state index contributed by atoms with van der Waals surface area (Å²) in [5.74, 6) is 0. The fraction of sp³-hybridized carbons (Fsp3) is 0.0714. The minimum Gasteiger partial charge on any atom is -0.296 e. The summed E-state index contributed by atoms with van der Waals surface area (Å²) in [7, 11) is 0. The van der Waals surface area contributed by atoms with Gasteiger partial charge >= 0.3 is 0 Å². The Morgan fingerprint density at radius 3 is 2.68 bits per heavy atom. The maximum atomic E-state index is 11.1. The van der Waals surface area contributed by atoms with Crippen LogP contribution in [0.3, 0.4) is 0 Å². The Morgan fingerprint density at radius 2 is 2.00 bits per heavy atom. The van der Waals surface area contributed by atoms with Gasteiger partial charge in [-0.3, -0.25) is 4.79 Å². The van der Waals surface area contributed by atoms with Crippen LogP contribution in [0.2, 0.25) is 0 Å². The van der Waals surface area contributed by atoms with E-state index in [0.29, 0.717) is 12.2 Å². The monoisotopic (exact) mass is 269 g/mol. The molecule has 3 rings (SSSR count). The lowest BCUT2D eigenvalue weighted by atomic mass is 10.2. The normalized spacial score (nSPS) is 10.5. The lowest BCUT2D eigenvalue weighted by molar-refractivity contribution is 0.111. The number of nitrogens with zero attached hydrogens (tertiary/aromatic N) is 3. The van der Waals surface area contributed by atoms with Crippen LogP contribution in [0.25, 0.3) is 10.6 Å². The second kappa shape index (κ2) is 5.16. The molecule has 1 aromatic carbocycles. The Kier molecular flexibility index (Phi) is 3.20. The molecule has 0 aliphatic heterocycles. The third kappa shape index (κ3) is 2.32. The predicted molar refractivity (Wildman–Crippen MR) is 74.3 cm³/mol. The number of aldehydes is 1. The molecule has 0 saturated carbocycles. The molecule has 0 spiro atoms. The third-order valence-corrected chi connectivity index (χ3v) is 3.68. The van der Waals surface area contributed by atoms with Crippen molar-refractivity contribution < 1.29 is 4.79 Å². The molecule has 0 radical (unpaired) electrons. The van der Waals surface area contributed by atoms with Crippen molar-refractivity contribution in [2.24, 2.45) is 0 Å². The van der Waals surface area contributed by atoms with Crippen molar-refractivity contribution >= 4 is 17.6 Å². The highest BCUT2D eigenvalue weighted by molar-refractivity contribution is 7.13. The highest BCUT2D eigenvalue weighted by Crippen LogP contribution is 2.26. The quantitative estimate of drug-likeness (QED) is 0.684. The minimum absolute atomic E-state index is 0.387. The van der Waals surface area contributed by atoms with E-state index < -0.39 is 0 Å². The number of carbonyl (C=O) groups excluding carboxylic acids is 1. The highest BCUT2D eigenvalue weighted by Gasteiger charge is 2.15. The summed E-state index contributed by atoms with van der Waals surface area (Å²) in [5.41, 5.74) is 2.30. The van der Waals surface area contributed by atoms with Gasteiger partial charge in [-0.15, -0.1) is 16.4 Å². The van der Waals surface area contributed by atoms with Crippen molar-refractivity contribution in [1.82, 2.24) is 15.0 Å². The van der Waals surface area contributed by atoms with Crippen molar-refractivity contribution in [2.75, 3.05) is 0 Å². The minimum atomic E-state index is 0.387. The zero-order valence-corrected chi connectivity index (χ0v) is 10.9. The molecular weight excluding hydrogens is 258 g/mol. The molecule has 5 heteroatoms. The molecule has 19 heavy (non-hydrogen) atoms. The molecule has 2 heterocycles. The Morgan fingerprint density at radius 1 is 1.16 bits per heavy atom. The summed E-state index contributed by atoms with van der Waals surface area (Å²) >= 11 is 1.58. The first-order chi connectivity index (χ1) is 9.38. The number of hydrogen-bond acceptors (Lipinski definition) is 4. The Balaban J connectivity index is 2.03. The van der Waals surface area contributed by atoms with Crippen molar-refractivity contribution in [1.29, 1.82) is 0 Å². The molecule has 0 aliphatic rings. The van der Waals surface area contributed by atoms with E-state index in [1.54, 1.807) is 16.0 Å². The molecule has 2 aromatic heterocycles. The summed E-state index contributed by atoms with van der Waals surface area (Å²) in [6, 6.07) is 13.9. The number of carbonyl (C=O) groups is 1. The van der Waals surface area contributed by atoms with Crippen LogP contribution >= 0.6 is 11.3 Å². The van der Waals surface area contributed by atoms with E-state index in [1.165, 1.54) is 0 Å². The Bertz CT molecular complexity index is 674. The molecule has 3 aromatic rings. The van der Waals surface area contributed by atoms with Gasteiger partial charge in [0.15, 0.2) is 12.0 Å². The average Bonchev–Trinajstić information content (AvgIpc) is 3.08. The van der Waals surface area contributed by atoms with Gasteiger partial charge in [0, 0.05) is 0 Å². The second-order valence-corrected chi connectivity index (χ2v) is 5.01. The van der Waals surface area contributed by atoms with Crippen LogP contribution in [-0.2, 0) is 6.54 Å². The van der Waals surface area contributed by atoms with Crippen LogP contribution in [-0.4, -0.2) is 21.3 Å². The zero-order chi connectivity index (χ0) is 13.1. The SMILES string of the molecule is O=Cc1nnn(Cc2ccccc2)c1-c1cccs1. The third-order valence-electron chi connectivity index (χ3n) is 2.80. The van der Waals surface area contributed by atoms with Crippen LogP contribution in [0.1, 0.15) is 16.1 Å². The molecule has 0 amide bonds. The molecule has 0 aliphatic carbocycles. The fourth-order valence-corrected chi connectivity index (χ4v) is 2.72. The van der Waals surface area contributed by atoms with Gasteiger partial charge in [0.2, 0.25) is 0 Å². The lowest BCUT2D eigenvalue weighted by Crippen LogP contribution is -2.03. The molecule has 0 bridgehead atoms. The van der Waals surface area contributed by atoms with Gasteiger partial charge < -0.3 is 0 Å². The maximum Gasteiger partial charge on any atom is 0.172 e. The van der Waals surface area contributed by atoms with Gasteiger partial charge in [0.1, 0.15) is 5.69 Å². The Hall–Kier alpha value is -2.27. The fourth-order valence-electron chi connectivity index (χ4n) is 1.94. The van der Waals surface area contributed by atoms with E-state index in [9.17, 15) is 4.79 Å². The average molecular weight is 269 g/mol. The van der Waals surface area contributed by atoms with Gasteiger partial charge in [-0.05, 0) is 17.0 Å². The predicted octanol–water partition coefficient (Wildman–Crippen LogP) is 2.87. The van der Waals surface area contributed by atoms with Crippen molar-refractivity contribution in [2.45, 2.75) is 6.54 Å². The summed E-state index contributed by atoms with van der Waals surface area (Å²) in [6.07, 6.45) is 0.754. The van der Waals surface area contributed by atoms with Gasteiger partial charge in [-0.2, -0.15) is 0 Å². The highest BCUT2D eigenvalue weighted by atomic mass is 32.1. The molecule has 0 atom stereocenters. The van der Waals surface area contributed by atoms with E-state index in [4.69, 9.17) is 0 Å². The van der Waals surface area contributed by atoms with Crippen LogP contribution in [0.5, 0.6) is 0 Å². The first-order valence-electron chi connectivity index (χ1n) is 5.85. The maximum absolute atomic E-state index is 11.1. The number of rotatable bonds is 4. The molecular formula is C14H11N3OS. The zero-order valence-electron chi connectivity index (χ0n) is 10.1. The van der Waals surface area contributed by atoms with E-state index in [0.717, 1.165) is 22.4 Å². The number of hydrogen-bond donors (Lipinski definition) is 0. The largest absolute Gasteiger partial charge is 0.296 e. The topological polar surface area (TPSA) is 47.8 Å². The van der Waals surface area contributed by atoms with Gasteiger partial charge in [0.25, 0.3) is 0 Å². The van der Waals surface area contributed by atoms with E-state index in [-0.39, 0.29) is 0 Å². The smallest absolute Gasteiger partial charge is 0.172 e. The number of thiophene rings is 1. The first kappa shape index (κ1) is 11.8. The molecule has 0 unspecified atom stereocenters. The molecule has 0 fully saturated rings. The summed E-state index contributed by atoms with van der Waals surface area (Å²) in [6.45, 7) is 0.606. The molecule has 0 saturated heterocycles. The second-order valence-electron chi connectivity index (χ2n) is 4.06. The van der Waals surface area contributed by atoms with Crippen molar-refractivity contribution in [3.63, 3.8) is 0 Å². The Labute approximate surface area is 114 Å². The summed E-state index contributed by atoms with van der Waals surface area (Å²) in [4.78, 5) is 12.1. The summed E-state index contributed by atoms with van der Waals surface area (Å²) in [5, 5.41) is 9.99. The molecule has 4 nitrogen and oxygen atoms in total. The number of benzene rings is 1. The van der Waals surface area contributed by atoms with Crippen LogP contribution in [0.4, 0.5) is 0 Å². The molecule has 94 valence electrons. The van der Waals surface area contributed by atoms with Gasteiger partial charge in [-0.1, -0.05) is 41.6 Å². The summed E-state index contributed by atoms with van der Waals surface area (Å²) < 4.78 is 1.77. The lowest BCUT2D eigenvalue weighted by Gasteiger charge is -2.05. The van der Waals surface area contributed by atoms with Crippen LogP contribution in [0.15, 0.2) is 47.8 Å².